The molecule has 0 radical (unpaired) electrons. The van der Waals surface area contributed by atoms with Crippen molar-refractivity contribution in [2.75, 3.05) is 40.4 Å². The number of rotatable bonds is 8. The van der Waals surface area contributed by atoms with Crippen LogP contribution in [-0.2, 0) is 6.42 Å². The van der Waals surface area contributed by atoms with Crippen LogP contribution in [0.15, 0.2) is 23.2 Å². The van der Waals surface area contributed by atoms with Crippen LogP contribution < -0.4 is 20.1 Å². The quantitative estimate of drug-likeness (QED) is 0.540. The van der Waals surface area contributed by atoms with Crippen molar-refractivity contribution >= 4 is 5.96 Å². The first-order chi connectivity index (χ1) is 13.1. The van der Waals surface area contributed by atoms with Crippen LogP contribution in [0.1, 0.15) is 39.2 Å². The number of methoxy groups -OCH3 is 2. The molecule has 1 aliphatic rings. The molecular weight excluding hydrogens is 340 g/mol. The second kappa shape index (κ2) is 11.0. The zero-order chi connectivity index (χ0) is 19.6. The predicted octanol–water partition coefficient (Wildman–Crippen LogP) is 2.67. The van der Waals surface area contributed by atoms with Gasteiger partial charge in [-0.1, -0.05) is 0 Å². The summed E-state index contributed by atoms with van der Waals surface area (Å²) in [6.45, 7) is 10.5. The van der Waals surface area contributed by atoms with E-state index in [0.29, 0.717) is 18.6 Å². The molecule has 1 fully saturated rings. The van der Waals surface area contributed by atoms with Gasteiger partial charge in [0, 0.05) is 38.3 Å². The van der Waals surface area contributed by atoms with Crippen LogP contribution in [0.4, 0.5) is 0 Å². The first kappa shape index (κ1) is 21.4. The highest BCUT2D eigenvalue weighted by molar-refractivity contribution is 5.80. The lowest BCUT2D eigenvalue weighted by atomic mass is 10.0. The number of nitrogens with one attached hydrogen (secondary N) is 2. The van der Waals surface area contributed by atoms with Crippen molar-refractivity contribution < 1.29 is 9.47 Å². The van der Waals surface area contributed by atoms with Gasteiger partial charge in [-0.15, -0.1) is 0 Å². The number of guanidine groups is 1. The Morgan fingerprint density at radius 1 is 1.22 bits per heavy atom. The SMILES string of the molecule is CCNC(=NCCc1cc(OC)ccc1OC)NC1CCN(C(C)C)CC1. The number of hydrogen-bond acceptors (Lipinski definition) is 4. The number of aliphatic imine (C=N–C) groups is 1. The zero-order valence-electron chi connectivity index (χ0n) is 17.5. The van der Waals surface area contributed by atoms with E-state index in [9.17, 15) is 0 Å². The van der Waals surface area contributed by atoms with Crippen molar-refractivity contribution in [1.29, 1.82) is 0 Å². The number of likely N-dealkylation sites (tertiary alicyclic amines) is 1. The van der Waals surface area contributed by atoms with Crippen molar-refractivity contribution in [2.24, 2.45) is 4.99 Å². The molecule has 0 unspecified atom stereocenters. The minimum atomic E-state index is 0.490. The molecule has 0 atom stereocenters. The summed E-state index contributed by atoms with van der Waals surface area (Å²) in [4.78, 5) is 7.31. The number of hydrogen-bond donors (Lipinski definition) is 2. The fraction of sp³-hybridized carbons (Fsp3) is 0.667. The molecule has 1 aromatic carbocycles. The standard InChI is InChI=1S/C21H36N4O2/c1-6-22-21(24-18-10-13-25(14-11-18)16(2)3)23-12-9-17-15-19(26-4)7-8-20(17)27-5/h7-8,15-16,18H,6,9-14H2,1-5H3,(H2,22,23,24). The minimum Gasteiger partial charge on any atom is -0.497 e. The lowest BCUT2D eigenvalue weighted by molar-refractivity contribution is 0.167. The zero-order valence-corrected chi connectivity index (χ0v) is 17.5. The summed E-state index contributed by atoms with van der Waals surface area (Å²) in [6.07, 6.45) is 3.13. The molecule has 6 nitrogen and oxygen atoms in total. The third-order valence-corrected chi connectivity index (χ3v) is 5.08. The molecule has 152 valence electrons. The highest BCUT2D eigenvalue weighted by atomic mass is 16.5. The molecule has 2 N–H and O–H groups in total. The third-order valence-electron chi connectivity index (χ3n) is 5.08. The second-order valence-corrected chi connectivity index (χ2v) is 7.24. The van der Waals surface area contributed by atoms with Crippen LogP contribution in [0.5, 0.6) is 11.5 Å². The molecule has 1 aromatic rings. The van der Waals surface area contributed by atoms with Gasteiger partial charge in [-0.05, 0) is 63.8 Å². The summed E-state index contributed by atoms with van der Waals surface area (Å²) < 4.78 is 10.8. The Morgan fingerprint density at radius 3 is 2.56 bits per heavy atom. The summed E-state index contributed by atoms with van der Waals surface area (Å²) in [5.41, 5.74) is 1.11. The van der Waals surface area contributed by atoms with E-state index in [-0.39, 0.29) is 0 Å². The number of nitrogens with zero attached hydrogens (tertiary/aromatic N) is 2. The molecule has 0 saturated carbocycles. The van der Waals surface area contributed by atoms with Gasteiger partial charge in [-0.2, -0.15) is 0 Å². The Hall–Kier alpha value is -1.95. The lowest BCUT2D eigenvalue weighted by Crippen LogP contribution is -2.49. The van der Waals surface area contributed by atoms with Crippen molar-refractivity contribution in [2.45, 2.75) is 52.1 Å². The van der Waals surface area contributed by atoms with E-state index in [1.54, 1.807) is 14.2 Å². The minimum absolute atomic E-state index is 0.490. The highest BCUT2D eigenvalue weighted by Crippen LogP contribution is 2.24. The molecule has 27 heavy (non-hydrogen) atoms. The van der Waals surface area contributed by atoms with Crippen LogP contribution in [0.3, 0.4) is 0 Å². The average molecular weight is 377 g/mol. The normalized spacial score (nSPS) is 16.4. The Labute approximate surface area is 164 Å². The van der Waals surface area contributed by atoms with Crippen molar-refractivity contribution in [3.05, 3.63) is 23.8 Å². The topological polar surface area (TPSA) is 58.1 Å². The van der Waals surface area contributed by atoms with Crippen LogP contribution in [0, 0.1) is 0 Å². The lowest BCUT2D eigenvalue weighted by Gasteiger charge is -2.35. The summed E-state index contributed by atoms with van der Waals surface area (Å²) in [7, 11) is 3.38. The molecular formula is C21H36N4O2. The monoisotopic (exact) mass is 376 g/mol. The Balaban J connectivity index is 1.92. The summed E-state index contributed by atoms with van der Waals surface area (Å²) in [5, 5.41) is 6.98. The van der Waals surface area contributed by atoms with Gasteiger partial charge in [0.25, 0.3) is 0 Å². The van der Waals surface area contributed by atoms with E-state index in [2.05, 4.69) is 36.3 Å². The highest BCUT2D eigenvalue weighted by Gasteiger charge is 2.21. The molecule has 0 amide bonds. The summed E-state index contributed by atoms with van der Waals surface area (Å²) in [5.74, 6) is 2.63. The van der Waals surface area contributed by atoms with E-state index < -0.39 is 0 Å². The average Bonchev–Trinajstić information content (AvgIpc) is 2.68. The van der Waals surface area contributed by atoms with Gasteiger partial charge in [-0.3, -0.25) is 4.99 Å². The molecule has 1 aliphatic heterocycles. The molecule has 1 heterocycles. The van der Waals surface area contributed by atoms with Crippen LogP contribution in [-0.4, -0.2) is 63.3 Å². The summed E-state index contributed by atoms with van der Waals surface area (Å²) >= 11 is 0. The molecule has 0 aromatic heterocycles. The van der Waals surface area contributed by atoms with Gasteiger partial charge in [0.2, 0.25) is 0 Å². The Morgan fingerprint density at radius 2 is 1.96 bits per heavy atom. The van der Waals surface area contributed by atoms with E-state index in [0.717, 1.165) is 61.9 Å². The largest absolute Gasteiger partial charge is 0.497 e. The third kappa shape index (κ3) is 6.61. The van der Waals surface area contributed by atoms with E-state index in [1.807, 2.05) is 18.2 Å². The fourth-order valence-electron chi connectivity index (χ4n) is 3.44. The molecule has 2 rings (SSSR count). The van der Waals surface area contributed by atoms with Gasteiger partial charge < -0.3 is 25.0 Å². The molecule has 0 aliphatic carbocycles. The van der Waals surface area contributed by atoms with Crippen LogP contribution in [0.2, 0.25) is 0 Å². The number of benzene rings is 1. The first-order valence-corrected chi connectivity index (χ1v) is 10.1. The van der Waals surface area contributed by atoms with Gasteiger partial charge in [0.1, 0.15) is 11.5 Å². The number of ether oxygens (including phenoxy) is 2. The van der Waals surface area contributed by atoms with Gasteiger partial charge >= 0.3 is 0 Å². The van der Waals surface area contributed by atoms with E-state index >= 15 is 0 Å². The van der Waals surface area contributed by atoms with Crippen LogP contribution >= 0.6 is 0 Å². The van der Waals surface area contributed by atoms with Crippen molar-refractivity contribution in [3.8, 4) is 11.5 Å². The van der Waals surface area contributed by atoms with Crippen molar-refractivity contribution in [1.82, 2.24) is 15.5 Å². The van der Waals surface area contributed by atoms with Crippen molar-refractivity contribution in [3.63, 3.8) is 0 Å². The molecule has 0 spiro atoms. The first-order valence-electron chi connectivity index (χ1n) is 10.1. The Bertz CT molecular complexity index is 596. The number of piperidine rings is 1. The van der Waals surface area contributed by atoms with Gasteiger partial charge in [0.05, 0.1) is 14.2 Å². The molecule has 6 heteroatoms. The molecule has 1 saturated heterocycles. The maximum absolute atomic E-state index is 5.46. The maximum Gasteiger partial charge on any atom is 0.191 e. The summed E-state index contributed by atoms with van der Waals surface area (Å²) in [6, 6.07) is 7.01. The fourth-order valence-corrected chi connectivity index (χ4v) is 3.44. The van der Waals surface area contributed by atoms with E-state index in [4.69, 9.17) is 14.5 Å². The van der Waals surface area contributed by atoms with Gasteiger partial charge in [0.15, 0.2) is 5.96 Å². The predicted molar refractivity (Wildman–Crippen MR) is 112 cm³/mol. The van der Waals surface area contributed by atoms with Crippen LogP contribution in [0.25, 0.3) is 0 Å². The maximum atomic E-state index is 5.46. The smallest absolute Gasteiger partial charge is 0.191 e. The molecule has 0 bridgehead atoms. The second-order valence-electron chi connectivity index (χ2n) is 7.24. The Kier molecular flexibility index (Phi) is 8.72. The van der Waals surface area contributed by atoms with Gasteiger partial charge in [-0.25, -0.2) is 0 Å². The van der Waals surface area contributed by atoms with E-state index in [1.165, 1.54) is 0 Å².